The molecule has 2 atom stereocenters. The summed E-state index contributed by atoms with van der Waals surface area (Å²) in [6, 6.07) is 0. The molecule has 98 valence electrons. The third-order valence-electron chi connectivity index (χ3n) is 4.07. The largest absolute Gasteiger partial charge is 0.378 e. The highest BCUT2D eigenvalue weighted by Gasteiger charge is 2.36. The third kappa shape index (κ3) is 5.72. The highest BCUT2D eigenvalue weighted by Crippen LogP contribution is 2.38. The normalized spacial score (nSPS) is 32.9. The SMILES string of the molecule is C1=CCCCCCOC2CC2CCCCCC1. The summed E-state index contributed by atoms with van der Waals surface area (Å²) in [6.45, 7) is 1.00. The molecular formula is C16H28O. The zero-order chi connectivity index (χ0) is 11.8. The quantitative estimate of drug-likeness (QED) is 0.546. The summed E-state index contributed by atoms with van der Waals surface area (Å²) in [7, 11) is 0. The molecule has 1 aliphatic heterocycles. The van der Waals surface area contributed by atoms with Crippen molar-refractivity contribution in [3.05, 3.63) is 12.2 Å². The summed E-state index contributed by atoms with van der Waals surface area (Å²) in [6.07, 6.45) is 20.3. The first kappa shape index (κ1) is 13.1. The zero-order valence-electron chi connectivity index (χ0n) is 11.2. The Balaban J connectivity index is 1.63. The van der Waals surface area contributed by atoms with Crippen LogP contribution in [0.5, 0.6) is 0 Å². The molecule has 0 N–H and O–H groups in total. The van der Waals surface area contributed by atoms with Crippen molar-refractivity contribution in [3.63, 3.8) is 0 Å². The predicted molar refractivity (Wildman–Crippen MR) is 73.2 cm³/mol. The van der Waals surface area contributed by atoms with Crippen LogP contribution in [-0.2, 0) is 4.74 Å². The van der Waals surface area contributed by atoms with E-state index in [0.717, 1.165) is 12.5 Å². The van der Waals surface area contributed by atoms with Gasteiger partial charge < -0.3 is 4.74 Å². The monoisotopic (exact) mass is 236 g/mol. The number of hydrogen-bond donors (Lipinski definition) is 0. The van der Waals surface area contributed by atoms with Crippen LogP contribution in [-0.4, -0.2) is 12.7 Å². The fourth-order valence-electron chi connectivity index (χ4n) is 2.76. The van der Waals surface area contributed by atoms with Gasteiger partial charge in [-0.25, -0.2) is 0 Å². The van der Waals surface area contributed by atoms with Crippen molar-refractivity contribution in [2.24, 2.45) is 5.92 Å². The molecule has 0 aromatic heterocycles. The molecule has 0 radical (unpaired) electrons. The van der Waals surface area contributed by atoms with E-state index in [1.54, 1.807) is 0 Å². The van der Waals surface area contributed by atoms with Crippen LogP contribution in [0.25, 0.3) is 0 Å². The fraction of sp³-hybridized carbons (Fsp3) is 0.875. The van der Waals surface area contributed by atoms with E-state index < -0.39 is 0 Å². The summed E-state index contributed by atoms with van der Waals surface area (Å²) in [5, 5.41) is 0. The van der Waals surface area contributed by atoms with Gasteiger partial charge in [-0.15, -0.1) is 0 Å². The minimum atomic E-state index is 0.641. The van der Waals surface area contributed by atoms with Crippen molar-refractivity contribution in [2.45, 2.75) is 76.7 Å². The Kier molecular flexibility index (Phi) is 6.12. The summed E-state index contributed by atoms with van der Waals surface area (Å²) in [4.78, 5) is 0. The fourth-order valence-corrected chi connectivity index (χ4v) is 2.76. The average molecular weight is 236 g/mol. The van der Waals surface area contributed by atoms with Gasteiger partial charge in [-0.3, -0.25) is 0 Å². The number of allylic oxidation sites excluding steroid dienone is 2. The molecule has 2 unspecified atom stereocenters. The van der Waals surface area contributed by atoms with Crippen LogP contribution >= 0.6 is 0 Å². The number of hydrogen-bond acceptors (Lipinski definition) is 1. The Bertz CT molecular complexity index is 200. The van der Waals surface area contributed by atoms with Gasteiger partial charge in [0, 0.05) is 6.61 Å². The van der Waals surface area contributed by atoms with E-state index in [2.05, 4.69) is 12.2 Å². The van der Waals surface area contributed by atoms with Crippen molar-refractivity contribution in [3.8, 4) is 0 Å². The van der Waals surface area contributed by atoms with E-state index in [4.69, 9.17) is 4.74 Å². The van der Waals surface area contributed by atoms with E-state index >= 15 is 0 Å². The van der Waals surface area contributed by atoms with Crippen molar-refractivity contribution >= 4 is 0 Å². The van der Waals surface area contributed by atoms with Gasteiger partial charge in [0.05, 0.1) is 6.10 Å². The molecule has 17 heavy (non-hydrogen) atoms. The van der Waals surface area contributed by atoms with Crippen LogP contribution in [0, 0.1) is 5.92 Å². The van der Waals surface area contributed by atoms with Gasteiger partial charge in [0.2, 0.25) is 0 Å². The van der Waals surface area contributed by atoms with Crippen LogP contribution in [0.3, 0.4) is 0 Å². The molecule has 0 saturated heterocycles. The second-order valence-electron chi connectivity index (χ2n) is 5.72. The van der Waals surface area contributed by atoms with E-state index in [9.17, 15) is 0 Å². The summed E-state index contributed by atoms with van der Waals surface area (Å²) >= 11 is 0. The maximum Gasteiger partial charge on any atom is 0.0607 e. The van der Waals surface area contributed by atoms with Gasteiger partial charge in [-0.2, -0.15) is 0 Å². The molecule has 1 saturated carbocycles. The highest BCUT2D eigenvalue weighted by molar-refractivity contribution is 4.87. The van der Waals surface area contributed by atoms with Gasteiger partial charge in [0.1, 0.15) is 0 Å². The maximum absolute atomic E-state index is 5.90. The molecule has 1 heteroatoms. The lowest BCUT2D eigenvalue weighted by atomic mass is 10.1. The van der Waals surface area contributed by atoms with Crippen molar-refractivity contribution in [1.82, 2.24) is 0 Å². The Hall–Kier alpha value is -0.300. The van der Waals surface area contributed by atoms with Gasteiger partial charge in [0.15, 0.2) is 0 Å². The lowest BCUT2D eigenvalue weighted by Gasteiger charge is -2.04. The van der Waals surface area contributed by atoms with E-state index in [1.807, 2.05) is 0 Å². The second kappa shape index (κ2) is 7.92. The first-order valence-corrected chi connectivity index (χ1v) is 7.73. The minimum absolute atomic E-state index is 0.641. The molecule has 1 nitrogen and oxygen atoms in total. The van der Waals surface area contributed by atoms with E-state index in [0.29, 0.717) is 6.10 Å². The topological polar surface area (TPSA) is 9.23 Å². The molecule has 2 aliphatic rings. The molecular weight excluding hydrogens is 208 g/mol. The lowest BCUT2D eigenvalue weighted by Crippen LogP contribution is -1.99. The smallest absolute Gasteiger partial charge is 0.0607 e. The number of ether oxygens (including phenoxy) is 1. The molecule has 1 fully saturated rings. The Labute approximate surface area is 107 Å². The molecule has 1 aliphatic carbocycles. The summed E-state index contributed by atoms with van der Waals surface area (Å²) in [5.74, 6) is 0.919. The van der Waals surface area contributed by atoms with Crippen molar-refractivity contribution in [1.29, 1.82) is 0 Å². The van der Waals surface area contributed by atoms with Gasteiger partial charge >= 0.3 is 0 Å². The van der Waals surface area contributed by atoms with Crippen LogP contribution in [0.4, 0.5) is 0 Å². The van der Waals surface area contributed by atoms with E-state index in [1.165, 1.54) is 70.6 Å². The lowest BCUT2D eigenvalue weighted by molar-refractivity contribution is 0.104. The molecule has 0 bridgehead atoms. The average Bonchev–Trinajstić information content (AvgIpc) is 3.07. The summed E-state index contributed by atoms with van der Waals surface area (Å²) in [5.41, 5.74) is 0. The van der Waals surface area contributed by atoms with Gasteiger partial charge in [0.25, 0.3) is 0 Å². The Morgan fingerprint density at radius 2 is 1.47 bits per heavy atom. The summed E-state index contributed by atoms with van der Waals surface area (Å²) < 4.78 is 5.90. The minimum Gasteiger partial charge on any atom is -0.378 e. The van der Waals surface area contributed by atoms with Crippen LogP contribution in [0.15, 0.2) is 12.2 Å². The second-order valence-corrected chi connectivity index (χ2v) is 5.72. The standard InChI is InChI=1S/C16H28O/c1-2-4-6-8-10-12-15-14-16(15)17-13-11-9-7-5-3-1/h1,3,15-16H,2,4-14H2. The molecule has 0 amide bonds. The molecule has 0 aromatic carbocycles. The zero-order valence-corrected chi connectivity index (χ0v) is 11.2. The van der Waals surface area contributed by atoms with Crippen LogP contribution < -0.4 is 0 Å². The molecule has 2 rings (SSSR count). The van der Waals surface area contributed by atoms with E-state index in [-0.39, 0.29) is 0 Å². The van der Waals surface area contributed by atoms with Gasteiger partial charge in [-0.05, 0) is 50.9 Å². The molecule has 1 heterocycles. The van der Waals surface area contributed by atoms with Crippen molar-refractivity contribution < 1.29 is 4.74 Å². The number of rotatable bonds is 0. The molecule has 0 aromatic rings. The highest BCUT2D eigenvalue weighted by atomic mass is 16.5. The van der Waals surface area contributed by atoms with Crippen molar-refractivity contribution in [2.75, 3.05) is 6.61 Å². The predicted octanol–water partition coefficient (Wildman–Crippen LogP) is 4.86. The van der Waals surface area contributed by atoms with Crippen LogP contribution in [0.1, 0.15) is 70.6 Å². The third-order valence-corrected chi connectivity index (χ3v) is 4.07. The maximum atomic E-state index is 5.90. The molecule has 0 spiro atoms. The Morgan fingerprint density at radius 3 is 2.29 bits per heavy atom. The Morgan fingerprint density at radius 1 is 0.765 bits per heavy atom. The van der Waals surface area contributed by atoms with Gasteiger partial charge in [-0.1, -0.05) is 37.8 Å². The first-order chi connectivity index (χ1) is 8.47. The van der Waals surface area contributed by atoms with Crippen LogP contribution in [0.2, 0.25) is 0 Å². The first-order valence-electron chi connectivity index (χ1n) is 7.73. The number of fused-ring (bicyclic) bond motifs is 1.